The summed E-state index contributed by atoms with van der Waals surface area (Å²) in [6, 6.07) is 9.85. The number of nitrogens with one attached hydrogen (secondary N) is 1. The largest absolute Gasteiger partial charge is 0.316 e. The molecule has 0 spiro atoms. The van der Waals surface area contributed by atoms with E-state index in [-0.39, 0.29) is 0 Å². The van der Waals surface area contributed by atoms with Gasteiger partial charge in [0, 0.05) is 17.8 Å². The number of hydrogen-bond donors (Lipinski definition) is 1. The van der Waals surface area contributed by atoms with Crippen LogP contribution in [0.15, 0.2) is 48.1 Å². The first kappa shape index (κ1) is 12.7. The third-order valence-electron chi connectivity index (χ3n) is 2.90. The van der Waals surface area contributed by atoms with Gasteiger partial charge in [-0.15, -0.1) is 11.3 Å². The Hall–Kier alpha value is -2.27. The van der Waals surface area contributed by atoms with E-state index in [1.807, 2.05) is 35.8 Å². The predicted molar refractivity (Wildman–Crippen MR) is 82.2 cm³/mol. The molecule has 0 aliphatic carbocycles. The molecule has 3 aromatic rings. The quantitative estimate of drug-likeness (QED) is 0.788. The van der Waals surface area contributed by atoms with Gasteiger partial charge in [-0.1, -0.05) is 19.1 Å². The normalized spacial score (nSPS) is 10.4. The van der Waals surface area contributed by atoms with Crippen LogP contribution in [-0.2, 0) is 6.42 Å². The topological polar surface area (TPSA) is 50.7 Å². The lowest BCUT2D eigenvalue weighted by atomic mass is 10.2. The summed E-state index contributed by atoms with van der Waals surface area (Å²) in [7, 11) is 0. The van der Waals surface area contributed by atoms with Gasteiger partial charge >= 0.3 is 0 Å². The summed E-state index contributed by atoms with van der Waals surface area (Å²) in [6.45, 7) is 2.12. The number of aryl methyl sites for hydroxylation is 1. The smallest absolute Gasteiger partial charge is 0.188 e. The fourth-order valence-electron chi connectivity index (χ4n) is 1.78. The van der Waals surface area contributed by atoms with Crippen molar-refractivity contribution in [3.8, 4) is 11.4 Å². The van der Waals surface area contributed by atoms with Gasteiger partial charge in [0.25, 0.3) is 0 Å². The second-order valence-electron chi connectivity index (χ2n) is 4.28. The van der Waals surface area contributed by atoms with Crippen molar-refractivity contribution < 1.29 is 0 Å². The summed E-state index contributed by atoms with van der Waals surface area (Å²) < 4.78 is 0. The average molecular weight is 282 g/mol. The highest BCUT2D eigenvalue weighted by molar-refractivity contribution is 7.14. The maximum atomic E-state index is 4.52. The molecule has 3 aromatic heterocycles. The first-order chi connectivity index (χ1) is 9.85. The van der Waals surface area contributed by atoms with Crippen LogP contribution in [0.3, 0.4) is 0 Å². The number of anilines is 2. The lowest BCUT2D eigenvalue weighted by Gasteiger charge is -2.02. The Kier molecular flexibility index (Phi) is 3.69. The van der Waals surface area contributed by atoms with Crippen LogP contribution in [0, 0.1) is 0 Å². The summed E-state index contributed by atoms with van der Waals surface area (Å²) in [6.07, 6.45) is 4.65. The standard InChI is InChI=1S/C15H14N4S/c1-2-11-6-7-14(17-9-11)19-15-18-13(10-20-15)12-5-3-4-8-16-12/h3-10H,2H2,1H3,(H,17,18,19). The molecular weight excluding hydrogens is 268 g/mol. The van der Waals surface area contributed by atoms with Gasteiger partial charge in [-0.05, 0) is 30.2 Å². The van der Waals surface area contributed by atoms with E-state index >= 15 is 0 Å². The number of hydrogen-bond acceptors (Lipinski definition) is 5. The molecule has 0 saturated carbocycles. The molecule has 20 heavy (non-hydrogen) atoms. The number of nitrogens with zero attached hydrogens (tertiary/aromatic N) is 3. The van der Waals surface area contributed by atoms with Crippen molar-refractivity contribution in [1.29, 1.82) is 0 Å². The third kappa shape index (κ3) is 2.83. The van der Waals surface area contributed by atoms with Gasteiger partial charge in [0.05, 0.1) is 5.69 Å². The molecule has 0 atom stereocenters. The van der Waals surface area contributed by atoms with E-state index in [9.17, 15) is 0 Å². The zero-order chi connectivity index (χ0) is 13.8. The maximum Gasteiger partial charge on any atom is 0.188 e. The van der Waals surface area contributed by atoms with Gasteiger partial charge in [0.15, 0.2) is 5.13 Å². The van der Waals surface area contributed by atoms with Crippen molar-refractivity contribution in [3.05, 3.63) is 53.7 Å². The fourth-order valence-corrected chi connectivity index (χ4v) is 2.49. The summed E-state index contributed by atoms with van der Waals surface area (Å²) >= 11 is 1.55. The lowest BCUT2D eigenvalue weighted by molar-refractivity contribution is 1.10. The van der Waals surface area contributed by atoms with E-state index in [2.05, 4.69) is 33.3 Å². The Balaban J connectivity index is 1.77. The minimum Gasteiger partial charge on any atom is -0.316 e. The molecule has 0 aliphatic heterocycles. The number of aromatic nitrogens is 3. The molecule has 0 aromatic carbocycles. The summed E-state index contributed by atoms with van der Waals surface area (Å²) in [4.78, 5) is 13.2. The van der Waals surface area contributed by atoms with E-state index in [0.717, 1.165) is 28.8 Å². The molecule has 0 unspecified atom stereocenters. The van der Waals surface area contributed by atoms with Crippen molar-refractivity contribution in [3.63, 3.8) is 0 Å². The van der Waals surface area contributed by atoms with Crippen LogP contribution in [0.5, 0.6) is 0 Å². The first-order valence-electron chi connectivity index (χ1n) is 6.44. The van der Waals surface area contributed by atoms with Crippen molar-refractivity contribution >= 4 is 22.3 Å². The van der Waals surface area contributed by atoms with Crippen LogP contribution in [0.2, 0.25) is 0 Å². The lowest BCUT2D eigenvalue weighted by Crippen LogP contribution is -1.93. The molecule has 4 nitrogen and oxygen atoms in total. The first-order valence-corrected chi connectivity index (χ1v) is 7.32. The minimum absolute atomic E-state index is 0.809. The Morgan fingerprint density at radius 1 is 1.10 bits per heavy atom. The fraction of sp³-hybridized carbons (Fsp3) is 0.133. The zero-order valence-electron chi connectivity index (χ0n) is 11.1. The van der Waals surface area contributed by atoms with Crippen molar-refractivity contribution in [2.75, 3.05) is 5.32 Å². The van der Waals surface area contributed by atoms with Gasteiger partial charge in [0.2, 0.25) is 0 Å². The van der Waals surface area contributed by atoms with E-state index < -0.39 is 0 Å². The van der Waals surface area contributed by atoms with E-state index in [1.54, 1.807) is 17.5 Å². The Morgan fingerprint density at radius 3 is 2.75 bits per heavy atom. The van der Waals surface area contributed by atoms with Gasteiger partial charge in [-0.2, -0.15) is 0 Å². The summed E-state index contributed by atoms with van der Waals surface area (Å²) in [5, 5.41) is 6.03. The highest BCUT2D eigenvalue weighted by Gasteiger charge is 2.05. The molecular formula is C15H14N4S. The second kappa shape index (κ2) is 5.79. The van der Waals surface area contributed by atoms with E-state index in [0.29, 0.717) is 0 Å². The molecule has 0 amide bonds. The Bertz CT molecular complexity index is 677. The van der Waals surface area contributed by atoms with Gasteiger partial charge in [-0.25, -0.2) is 9.97 Å². The zero-order valence-corrected chi connectivity index (χ0v) is 11.9. The minimum atomic E-state index is 0.809. The van der Waals surface area contributed by atoms with Crippen LogP contribution in [0.1, 0.15) is 12.5 Å². The number of thiazole rings is 1. The third-order valence-corrected chi connectivity index (χ3v) is 3.66. The van der Waals surface area contributed by atoms with Crippen LogP contribution < -0.4 is 5.32 Å². The summed E-state index contributed by atoms with van der Waals surface area (Å²) in [5.74, 6) is 0.809. The molecule has 1 N–H and O–H groups in total. The van der Waals surface area contributed by atoms with E-state index in [1.165, 1.54) is 5.56 Å². The molecule has 0 bridgehead atoms. The van der Waals surface area contributed by atoms with Gasteiger partial charge in [-0.3, -0.25) is 4.98 Å². The van der Waals surface area contributed by atoms with E-state index in [4.69, 9.17) is 0 Å². The predicted octanol–water partition coefficient (Wildman–Crippen LogP) is 3.91. The van der Waals surface area contributed by atoms with Crippen LogP contribution in [0.25, 0.3) is 11.4 Å². The summed E-state index contributed by atoms with van der Waals surface area (Å²) in [5.41, 5.74) is 2.98. The molecule has 3 heterocycles. The molecule has 5 heteroatoms. The number of pyridine rings is 2. The monoisotopic (exact) mass is 282 g/mol. The molecule has 100 valence electrons. The van der Waals surface area contributed by atoms with Gasteiger partial charge < -0.3 is 5.32 Å². The average Bonchev–Trinajstić information content (AvgIpc) is 2.97. The van der Waals surface area contributed by atoms with Crippen molar-refractivity contribution in [2.24, 2.45) is 0 Å². The van der Waals surface area contributed by atoms with Crippen molar-refractivity contribution in [1.82, 2.24) is 15.0 Å². The van der Waals surface area contributed by atoms with Gasteiger partial charge in [0.1, 0.15) is 11.5 Å². The number of rotatable bonds is 4. The molecule has 0 aliphatic rings. The Morgan fingerprint density at radius 2 is 2.05 bits per heavy atom. The molecule has 0 radical (unpaired) electrons. The molecule has 0 saturated heterocycles. The highest BCUT2D eigenvalue weighted by atomic mass is 32.1. The molecule has 3 rings (SSSR count). The van der Waals surface area contributed by atoms with Crippen LogP contribution in [0.4, 0.5) is 10.9 Å². The van der Waals surface area contributed by atoms with Crippen LogP contribution >= 0.6 is 11.3 Å². The maximum absolute atomic E-state index is 4.52. The Labute approximate surface area is 121 Å². The molecule has 0 fully saturated rings. The SMILES string of the molecule is CCc1ccc(Nc2nc(-c3ccccn3)cs2)nc1. The highest BCUT2D eigenvalue weighted by Crippen LogP contribution is 2.25. The van der Waals surface area contributed by atoms with Crippen LogP contribution in [-0.4, -0.2) is 15.0 Å². The van der Waals surface area contributed by atoms with Crippen molar-refractivity contribution in [2.45, 2.75) is 13.3 Å². The second-order valence-corrected chi connectivity index (χ2v) is 5.14.